The Hall–Kier alpha value is -0.250. The van der Waals surface area contributed by atoms with Gasteiger partial charge in [-0.2, -0.15) is 0 Å². The highest BCUT2D eigenvalue weighted by molar-refractivity contribution is 7.15. The van der Waals surface area contributed by atoms with Gasteiger partial charge in [-0.3, -0.25) is 0 Å². The summed E-state index contributed by atoms with van der Waals surface area (Å²) in [5.41, 5.74) is 0.566. The highest BCUT2D eigenvalue weighted by atomic mass is 35.5. The first-order valence-corrected chi connectivity index (χ1v) is 4.00. The number of halogens is 2. The van der Waals surface area contributed by atoms with Crippen molar-refractivity contribution in [2.45, 2.75) is 0 Å². The third-order valence-electron chi connectivity index (χ3n) is 0.928. The summed E-state index contributed by atoms with van der Waals surface area (Å²) in [6.07, 6.45) is 0. The maximum atomic E-state index is 8.23. The van der Waals surface area contributed by atoms with E-state index in [0.717, 1.165) is 0 Å². The zero-order valence-electron chi connectivity index (χ0n) is 4.71. The lowest BCUT2D eigenvalue weighted by molar-refractivity contribution is 0.321. The quantitative estimate of drug-likeness (QED) is 0.418. The van der Waals surface area contributed by atoms with Crippen LogP contribution in [-0.4, -0.2) is 10.4 Å². The first kappa shape index (κ1) is 7.85. The van der Waals surface area contributed by atoms with Crippen LogP contribution in [0.2, 0.25) is 4.34 Å². The monoisotopic (exact) mass is 195 g/mol. The summed E-state index contributed by atoms with van der Waals surface area (Å²) in [6, 6.07) is 1.69. The molecule has 0 atom stereocenters. The van der Waals surface area contributed by atoms with Gasteiger partial charge in [-0.25, -0.2) is 0 Å². The molecule has 10 heavy (non-hydrogen) atoms. The summed E-state index contributed by atoms with van der Waals surface area (Å²) in [4.78, 5) is 0. The zero-order valence-corrected chi connectivity index (χ0v) is 7.04. The van der Waals surface area contributed by atoms with Gasteiger partial charge in [-0.05, 0) is 11.4 Å². The Kier molecular flexibility index (Phi) is 2.54. The molecule has 0 unspecified atom stereocenters. The average Bonchev–Trinajstić information content (AvgIpc) is 2.34. The topological polar surface area (TPSA) is 32.6 Å². The van der Waals surface area contributed by atoms with Crippen molar-refractivity contribution in [1.29, 1.82) is 0 Å². The summed E-state index contributed by atoms with van der Waals surface area (Å²) in [5.74, 6) is 0. The Labute approximate surface area is 71.7 Å². The van der Waals surface area contributed by atoms with Crippen molar-refractivity contribution < 1.29 is 5.21 Å². The minimum absolute atomic E-state index is 0.0197. The van der Waals surface area contributed by atoms with E-state index in [2.05, 4.69) is 5.16 Å². The van der Waals surface area contributed by atoms with Crippen molar-refractivity contribution in [2.24, 2.45) is 5.16 Å². The van der Waals surface area contributed by atoms with Crippen LogP contribution in [0.25, 0.3) is 0 Å². The first-order chi connectivity index (χ1) is 4.75. The van der Waals surface area contributed by atoms with E-state index in [-0.39, 0.29) is 5.17 Å². The molecule has 1 rings (SSSR count). The lowest BCUT2D eigenvalue weighted by Crippen LogP contribution is -1.86. The van der Waals surface area contributed by atoms with Crippen molar-refractivity contribution in [3.05, 3.63) is 21.3 Å². The molecule has 54 valence electrons. The van der Waals surface area contributed by atoms with E-state index in [1.165, 1.54) is 11.3 Å². The Morgan fingerprint density at radius 1 is 1.70 bits per heavy atom. The third kappa shape index (κ3) is 1.42. The van der Waals surface area contributed by atoms with Crippen LogP contribution in [0.3, 0.4) is 0 Å². The fourth-order valence-corrected chi connectivity index (χ4v) is 1.68. The van der Waals surface area contributed by atoms with Crippen molar-refractivity contribution in [2.75, 3.05) is 0 Å². The first-order valence-electron chi connectivity index (χ1n) is 2.36. The summed E-state index contributed by atoms with van der Waals surface area (Å²) < 4.78 is 0.530. The summed E-state index contributed by atoms with van der Waals surface area (Å²) in [7, 11) is 0. The van der Waals surface area contributed by atoms with Crippen LogP contribution in [0.5, 0.6) is 0 Å². The van der Waals surface area contributed by atoms with Crippen LogP contribution in [0.15, 0.2) is 16.6 Å². The molecule has 5 heteroatoms. The van der Waals surface area contributed by atoms with Crippen LogP contribution >= 0.6 is 34.5 Å². The Bertz CT molecular complexity index is 258. The summed E-state index contributed by atoms with van der Waals surface area (Å²) in [6.45, 7) is 0. The van der Waals surface area contributed by atoms with Crippen LogP contribution < -0.4 is 0 Å². The van der Waals surface area contributed by atoms with Gasteiger partial charge in [0.15, 0.2) is 5.17 Å². The molecule has 0 spiro atoms. The summed E-state index contributed by atoms with van der Waals surface area (Å²) in [5, 5.41) is 12.8. The van der Waals surface area contributed by atoms with Crippen molar-refractivity contribution in [3.8, 4) is 0 Å². The van der Waals surface area contributed by atoms with Gasteiger partial charge >= 0.3 is 0 Å². The predicted octanol–water partition coefficient (Wildman–Crippen LogP) is 2.78. The second kappa shape index (κ2) is 3.23. The highest BCUT2D eigenvalue weighted by Crippen LogP contribution is 2.24. The van der Waals surface area contributed by atoms with Gasteiger partial charge in [0.25, 0.3) is 0 Å². The van der Waals surface area contributed by atoms with Crippen molar-refractivity contribution >= 4 is 39.7 Å². The van der Waals surface area contributed by atoms with Gasteiger partial charge in [0.1, 0.15) is 4.34 Å². The molecule has 1 aromatic heterocycles. The van der Waals surface area contributed by atoms with Gasteiger partial charge < -0.3 is 5.21 Å². The van der Waals surface area contributed by atoms with Gasteiger partial charge in [0, 0.05) is 5.56 Å². The number of oxime groups is 1. The Morgan fingerprint density at radius 3 is 2.80 bits per heavy atom. The molecule has 0 fully saturated rings. The highest BCUT2D eigenvalue weighted by Gasteiger charge is 2.05. The van der Waals surface area contributed by atoms with E-state index in [1.807, 2.05) is 0 Å². The lowest BCUT2D eigenvalue weighted by atomic mass is 10.4. The minimum atomic E-state index is 0.0197. The largest absolute Gasteiger partial charge is 0.410 e. The van der Waals surface area contributed by atoms with E-state index < -0.39 is 0 Å². The molecular formula is C5H3Cl2NOS. The van der Waals surface area contributed by atoms with E-state index in [0.29, 0.717) is 9.90 Å². The molecule has 0 saturated carbocycles. The smallest absolute Gasteiger partial charge is 0.177 e. The second-order valence-corrected chi connectivity index (χ2v) is 3.37. The van der Waals surface area contributed by atoms with Crippen LogP contribution in [-0.2, 0) is 0 Å². The van der Waals surface area contributed by atoms with Crippen molar-refractivity contribution in [3.63, 3.8) is 0 Å². The fourth-order valence-electron chi connectivity index (χ4n) is 0.495. The van der Waals surface area contributed by atoms with Gasteiger partial charge in [-0.1, -0.05) is 28.4 Å². The number of nitrogens with zero attached hydrogens (tertiary/aromatic N) is 1. The normalized spacial score (nSPS) is 12.0. The molecule has 0 radical (unpaired) electrons. The minimum Gasteiger partial charge on any atom is -0.410 e. The van der Waals surface area contributed by atoms with Crippen LogP contribution in [0.1, 0.15) is 5.56 Å². The van der Waals surface area contributed by atoms with Gasteiger partial charge in [0.2, 0.25) is 0 Å². The van der Waals surface area contributed by atoms with Crippen molar-refractivity contribution in [1.82, 2.24) is 0 Å². The molecule has 0 aliphatic rings. The van der Waals surface area contributed by atoms with Gasteiger partial charge in [-0.15, -0.1) is 11.3 Å². The van der Waals surface area contributed by atoms with Crippen LogP contribution in [0.4, 0.5) is 0 Å². The second-order valence-electron chi connectivity index (χ2n) is 1.50. The molecule has 0 aromatic carbocycles. The number of hydrogen-bond donors (Lipinski definition) is 1. The number of hydrogen-bond acceptors (Lipinski definition) is 3. The molecule has 0 amide bonds. The molecule has 0 saturated heterocycles. The van der Waals surface area contributed by atoms with E-state index in [1.54, 1.807) is 11.4 Å². The van der Waals surface area contributed by atoms with Gasteiger partial charge in [0.05, 0.1) is 0 Å². The maximum absolute atomic E-state index is 8.23. The lowest BCUT2D eigenvalue weighted by Gasteiger charge is -1.88. The summed E-state index contributed by atoms with van der Waals surface area (Å²) >= 11 is 12.5. The van der Waals surface area contributed by atoms with Crippen LogP contribution in [0, 0.1) is 0 Å². The number of thiophene rings is 1. The Morgan fingerprint density at radius 2 is 2.40 bits per heavy atom. The predicted molar refractivity (Wildman–Crippen MR) is 43.5 cm³/mol. The number of rotatable bonds is 1. The molecule has 1 N–H and O–H groups in total. The molecule has 1 heterocycles. The molecular weight excluding hydrogens is 193 g/mol. The standard InChI is InChI=1S/C5H3Cl2NOS/c6-4(8-9)3-1-2-10-5(3)7/h1-2,9H. The fraction of sp³-hybridized carbons (Fsp3) is 0. The Balaban J connectivity index is 3.05. The van der Waals surface area contributed by atoms with E-state index in [9.17, 15) is 0 Å². The molecule has 2 nitrogen and oxygen atoms in total. The molecule has 1 aromatic rings. The molecule has 0 bridgehead atoms. The molecule has 0 aliphatic carbocycles. The van der Waals surface area contributed by atoms with E-state index >= 15 is 0 Å². The molecule has 0 aliphatic heterocycles. The maximum Gasteiger partial charge on any atom is 0.177 e. The zero-order chi connectivity index (χ0) is 7.56. The van der Waals surface area contributed by atoms with E-state index in [4.69, 9.17) is 28.4 Å². The average molecular weight is 196 g/mol. The third-order valence-corrected chi connectivity index (χ3v) is 2.38. The SMILES string of the molecule is ON=C(Cl)c1ccsc1Cl.